The van der Waals surface area contributed by atoms with Crippen LogP contribution in [0.15, 0.2) is 54.6 Å². The summed E-state index contributed by atoms with van der Waals surface area (Å²) in [5.74, 6) is 0.319. The van der Waals surface area contributed by atoms with E-state index in [1.807, 2.05) is 49.5 Å². The lowest BCUT2D eigenvalue weighted by molar-refractivity contribution is -0.0566. The minimum Gasteiger partial charge on any atom is -0.508 e. The molecule has 4 atom stereocenters. The van der Waals surface area contributed by atoms with E-state index in [1.54, 1.807) is 11.0 Å². The number of carbonyl (C=O) groups excluding carboxylic acids is 1. The highest BCUT2D eigenvalue weighted by atomic mass is 16.3. The molecule has 0 radical (unpaired) electrons. The van der Waals surface area contributed by atoms with E-state index in [1.165, 1.54) is 0 Å². The van der Waals surface area contributed by atoms with Crippen LogP contribution >= 0.6 is 0 Å². The van der Waals surface area contributed by atoms with Crippen molar-refractivity contribution >= 4 is 5.91 Å². The number of hydrogen-bond acceptors (Lipinski definition) is 4. The van der Waals surface area contributed by atoms with Gasteiger partial charge in [-0.2, -0.15) is 0 Å². The van der Waals surface area contributed by atoms with Crippen LogP contribution < -0.4 is 0 Å². The molecule has 1 aliphatic carbocycles. The van der Waals surface area contributed by atoms with Crippen LogP contribution in [0.5, 0.6) is 5.75 Å². The third-order valence-corrected chi connectivity index (χ3v) is 7.05. The summed E-state index contributed by atoms with van der Waals surface area (Å²) in [5.41, 5.74) is 1.49. The Balaban J connectivity index is 1.68. The van der Waals surface area contributed by atoms with Crippen molar-refractivity contribution in [3.05, 3.63) is 65.7 Å². The van der Waals surface area contributed by atoms with E-state index in [-0.39, 0.29) is 29.0 Å². The van der Waals surface area contributed by atoms with Gasteiger partial charge in [0.1, 0.15) is 5.75 Å². The molecule has 5 heteroatoms. The van der Waals surface area contributed by atoms with Crippen molar-refractivity contribution in [3.63, 3.8) is 0 Å². The van der Waals surface area contributed by atoms with Crippen LogP contribution in [0, 0.1) is 5.92 Å². The molecule has 2 aliphatic rings. The topological polar surface area (TPSA) is 64.0 Å². The highest BCUT2D eigenvalue weighted by Crippen LogP contribution is 2.50. The molecule has 1 heterocycles. The number of aliphatic hydroxyl groups is 1. The lowest BCUT2D eigenvalue weighted by Crippen LogP contribution is -2.60. The number of carbonyl (C=O) groups is 1. The van der Waals surface area contributed by atoms with Gasteiger partial charge in [-0.3, -0.25) is 4.79 Å². The SMILES string of the molecule is CN1CC[C@@]2(c3cccc(O)c3)C[C@@H](N(C)C(=O)c3ccccc3)CC(O)[C@@H]2C1. The molecule has 2 fully saturated rings. The Labute approximate surface area is 172 Å². The van der Waals surface area contributed by atoms with Gasteiger partial charge in [-0.15, -0.1) is 0 Å². The summed E-state index contributed by atoms with van der Waals surface area (Å²) in [6.07, 6.45) is 1.78. The first-order chi connectivity index (χ1) is 13.9. The average molecular weight is 395 g/mol. The molecule has 0 bridgehead atoms. The van der Waals surface area contributed by atoms with Crippen molar-refractivity contribution < 1.29 is 15.0 Å². The van der Waals surface area contributed by atoms with Gasteiger partial charge in [-0.25, -0.2) is 0 Å². The van der Waals surface area contributed by atoms with E-state index in [4.69, 9.17) is 0 Å². The molecule has 4 rings (SSSR count). The zero-order chi connectivity index (χ0) is 20.6. The first-order valence-electron chi connectivity index (χ1n) is 10.4. The van der Waals surface area contributed by atoms with Crippen LogP contribution in [0.2, 0.25) is 0 Å². The largest absolute Gasteiger partial charge is 0.508 e. The first-order valence-corrected chi connectivity index (χ1v) is 10.4. The molecule has 1 unspecified atom stereocenters. The fourth-order valence-electron chi connectivity index (χ4n) is 5.40. The molecule has 29 heavy (non-hydrogen) atoms. The standard InChI is InChI=1S/C24H30N2O3/c1-25-12-11-24(18-9-6-10-20(27)13-18)15-19(14-22(28)21(24)16-25)26(2)23(29)17-7-4-3-5-8-17/h3-10,13,19,21-22,27-28H,11-12,14-16H2,1-2H3/t19-,21-,22?,24-/m0/s1. The molecular formula is C24H30N2O3. The molecular weight excluding hydrogens is 364 g/mol. The Morgan fingerprint density at radius 2 is 1.93 bits per heavy atom. The summed E-state index contributed by atoms with van der Waals surface area (Å²) in [6, 6.07) is 16.7. The highest BCUT2D eigenvalue weighted by molar-refractivity contribution is 5.94. The summed E-state index contributed by atoms with van der Waals surface area (Å²) in [5, 5.41) is 21.3. The maximum atomic E-state index is 13.1. The van der Waals surface area contributed by atoms with Crippen molar-refractivity contribution in [1.82, 2.24) is 9.80 Å². The number of benzene rings is 2. The maximum absolute atomic E-state index is 13.1. The van der Waals surface area contributed by atoms with Crippen molar-refractivity contribution in [1.29, 1.82) is 0 Å². The number of piperidine rings is 1. The Hall–Kier alpha value is -2.37. The number of nitrogens with zero attached hydrogens (tertiary/aromatic N) is 2. The van der Waals surface area contributed by atoms with Gasteiger partial charge >= 0.3 is 0 Å². The molecule has 1 amide bonds. The Kier molecular flexibility index (Phi) is 5.36. The number of fused-ring (bicyclic) bond motifs is 1. The third-order valence-electron chi connectivity index (χ3n) is 7.05. The number of phenolic OH excluding ortho intramolecular Hbond substituents is 1. The Bertz CT molecular complexity index is 871. The van der Waals surface area contributed by atoms with Crippen molar-refractivity contribution in [3.8, 4) is 5.75 Å². The van der Waals surface area contributed by atoms with Gasteiger partial charge in [0.2, 0.25) is 0 Å². The van der Waals surface area contributed by atoms with E-state index in [0.29, 0.717) is 12.0 Å². The number of aromatic hydroxyl groups is 1. The molecule has 1 aliphatic heterocycles. The summed E-state index contributed by atoms with van der Waals surface area (Å²) in [7, 11) is 3.94. The Morgan fingerprint density at radius 3 is 2.66 bits per heavy atom. The summed E-state index contributed by atoms with van der Waals surface area (Å²) in [6.45, 7) is 1.75. The van der Waals surface area contributed by atoms with Crippen LogP contribution in [-0.4, -0.2) is 65.3 Å². The second-order valence-corrected chi connectivity index (χ2v) is 8.77. The van der Waals surface area contributed by atoms with Crippen LogP contribution in [-0.2, 0) is 5.41 Å². The molecule has 5 nitrogen and oxygen atoms in total. The zero-order valence-electron chi connectivity index (χ0n) is 17.2. The van der Waals surface area contributed by atoms with E-state index >= 15 is 0 Å². The molecule has 154 valence electrons. The predicted octanol–water partition coefficient (Wildman–Crippen LogP) is 2.88. The average Bonchev–Trinajstić information content (AvgIpc) is 2.74. The summed E-state index contributed by atoms with van der Waals surface area (Å²) < 4.78 is 0. The quantitative estimate of drug-likeness (QED) is 0.840. The van der Waals surface area contributed by atoms with E-state index in [2.05, 4.69) is 18.0 Å². The molecule has 1 saturated heterocycles. The van der Waals surface area contributed by atoms with Crippen LogP contribution in [0.25, 0.3) is 0 Å². The molecule has 2 aromatic rings. The number of amides is 1. The molecule has 0 spiro atoms. The van der Waals surface area contributed by atoms with Gasteiger partial charge in [0.15, 0.2) is 0 Å². The van der Waals surface area contributed by atoms with Gasteiger partial charge in [0.05, 0.1) is 6.10 Å². The van der Waals surface area contributed by atoms with Gasteiger partial charge in [0, 0.05) is 36.5 Å². The van der Waals surface area contributed by atoms with E-state index < -0.39 is 6.10 Å². The van der Waals surface area contributed by atoms with Crippen molar-refractivity contribution in [2.24, 2.45) is 5.92 Å². The first kappa shape index (κ1) is 19.9. The number of phenols is 1. The second kappa shape index (κ2) is 7.81. The number of aliphatic hydroxyl groups excluding tert-OH is 1. The van der Waals surface area contributed by atoms with Crippen LogP contribution in [0.1, 0.15) is 35.2 Å². The van der Waals surface area contributed by atoms with E-state index in [9.17, 15) is 15.0 Å². The third kappa shape index (κ3) is 3.65. The van der Waals surface area contributed by atoms with E-state index in [0.717, 1.165) is 31.5 Å². The van der Waals surface area contributed by atoms with Gasteiger partial charge < -0.3 is 20.0 Å². The zero-order valence-corrected chi connectivity index (χ0v) is 17.2. The minimum atomic E-state index is -0.495. The van der Waals surface area contributed by atoms with Crippen LogP contribution in [0.4, 0.5) is 0 Å². The van der Waals surface area contributed by atoms with Crippen LogP contribution in [0.3, 0.4) is 0 Å². The minimum absolute atomic E-state index is 0.0137. The molecule has 2 N–H and O–H groups in total. The second-order valence-electron chi connectivity index (χ2n) is 8.77. The van der Waals surface area contributed by atoms with Gasteiger partial charge in [-0.05, 0) is 62.7 Å². The molecule has 1 saturated carbocycles. The molecule has 2 aromatic carbocycles. The molecule has 0 aromatic heterocycles. The van der Waals surface area contributed by atoms with Crippen molar-refractivity contribution in [2.75, 3.05) is 27.2 Å². The number of likely N-dealkylation sites (tertiary alicyclic amines) is 1. The lowest BCUT2D eigenvalue weighted by atomic mass is 9.57. The monoisotopic (exact) mass is 394 g/mol. The van der Waals surface area contributed by atoms with Gasteiger partial charge in [0.25, 0.3) is 5.91 Å². The maximum Gasteiger partial charge on any atom is 0.253 e. The fraction of sp³-hybridized carbons (Fsp3) is 0.458. The van der Waals surface area contributed by atoms with Crippen molar-refractivity contribution in [2.45, 2.75) is 36.8 Å². The number of rotatable bonds is 3. The lowest BCUT2D eigenvalue weighted by Gasteiger charge is -2.55. The predicted molar refractivity (Wildman–Crippen MR) is 113 cm³/mol. The fourth-order valence-corrected chi connectivity index (χ4v) is 5.40. The van der Waals surface area contributed by atoms with Gasteiger partial charge in [-0.1, -0.05) is 30.3 Å². The number of hydrogen-bond donors (Lipinski definition) is 2. The highest BCUT2D eigenvalue weighted by Gasteiger charge is 2.52. The normalized spacial score (nSPS) is 29.8. The Morgan fingerprint density at radius 1 is 1.17 bits per heavy atom. The summed E-state index contributed by atoms with van der Waals surface area (Å²) >= 11 is 0. The summed E-state index contributed by atoms with van der Waals surface area (Å²) in [4.78, 5) is 17.1. The smallest absolute Gasteiger partial charge is 0.253 e.